The van der Waals surface area contributed by atoms with Gasteiger partial charge in [0.15, 0.2) is 0 Å². The molecular formula is C13H12NO. The Morgan fingerprint density at radius 2 is 2.07 bits per heavy atom. The van der Waals surface area contributed by atoms with Crippen LogP contribution in [0, 0.1) is 6.07 Å². The summed E-state index contributed by atoms with van der Waals surface area (Å²) in [5.74, 6) is 0.887. The fraction of sp³-hybridized carbons (Fsp3) is 0.154. The first-order chi connectivity index (χ1) is 7.45. The van der Waals surface area contributed by atoms with Crippen LogP contribution in [-0.4, -0.2) is 11.6 Å². The molecular weight excluding hydrogens is 186 g/mol. The summed E-state index contributed by atoms with van der Waals surface area (Å²) in [5, 5.41) is 0. The van der Waals surface area contributed by atoms with E-state index in [0.29, 0.717) is 6.61 Å². The van der Waals surface area contributed by atoms with E-state index in [2.05, 4.69) is 17.1 Å². The Bertz CT molecular complexity index is 346. The van der Waals surface area contributed by atoms with Crippen molar-refractivity contribution >= 4 is 0 Å². The van der Waals surface area contributed by atoms with E-state index in [1.54, 1.807) is 6.20 Å². The second-order valence-electron chi connectivity index (χ2n) is 3.20. The Balaban J connectivity index is 1.81. The Labute approximate surface area is 89.6 Å². The maximum absolute atomic E-state index is 5.56. The molecule has 1 aromatic heterocycles. The van der Waals surface area contributed by atoms with Crippen LogP contribution in [0.1, 0.15) is 5.56 Å². The zero-order chi connectivity index (χ0) is 10.3. The minimum absolute atomic E-state index is 0.676. The summed E-state index contributed by atoms with van der Waals surface area (Å²) in [5.41, 5.74) is 1.19. The van der Waals surface area contributed by atoms with Gasteiger partial charge < -0.3 is 4.74 Å². The Kier molecular flexibility index (Phi) is 3.34. The van der Waals surface area contributed by atoms with Crippen molar-refractivity contribution in [1.82, 2.24) is 4.98 Å². The van der Waals surface area contributed by atoms with Gasteiger partial charge in [0, 0.05) is 18.8 Å². The van der Waals surface area contributed by atoms with Crippen LogP contribution < -0.4 is 4.74 Å². The number of rotatable bonds is 4. The Morgan fingerprint density at radius 1 is 1.20 bits per heavy atom. The smallest absolute Gasteiger partial charge is 0.119 e. The highest BCUT2D eigenvalue weighted by Gasteiger charge is 1.94. The molecule has 0 aliphatic heterocycles. The molecule has 0 N–H and O–H groups in total. The van der Waals surface area contributed by atoms with Gasteiger partial charge in [0.25, 0.3) is 0 Å². The molecule has 1 aromatic carbocycles. The van der Waals surface area contributed by atoms with E-state index in [9.17, 15) is 0 Å². The topological polar surface area (TPSA) is 22.1 Å². The first-order valence-electron chi connectivity index (χ1n) is 4.93. The average molecular weight is 198 g/mol. The van der Waals surface area contributed by atoms with Gasteiger partial charge in [-0.15, -0.1) is 0 Å². The van der Waals surface area contributed by atoms with E-state index in [1.165, 1.54) is 5.56 Å². The first kappa shape index (κ1) is 9.71. The van der Waals surface area contributed by atoms with E-state index < -0.39 is 0 Å². The van der Waals surface area contributed by atoms with Crippen molar-refractivity contribution in [2.24, 2.45) is 0 Å². The van der Waals surface area contributed by atoms with Gasteiger partial charge >= 0.3 is 0 Å². The number of hydrogen-bond acceptors (Lipinski definition) is 2. The predicted molar refractivity (Wildman–Crippen MR) is 58.7 cm³/mol. The molecule has 0 saturated carbocycles. The van der Waals surface area contributed by atoms with Crippen LogP contribution in [0.4, 0.5) is 0 Å². The van der Waals surface area contributed by atoms with Crippen LogP contribution in [0.15, 0.2) is 48.8 Å². The van der Waals surface area contributed by atoms with Crippen molar-refractivity contribution in [2.75, 3.05) is 6.61 Å². The maximum atomic E-state index is 5.56. The quantitative estimate of drug-likeness (QED) is 0.753. The molecule has 0 fully saturated rings. The maximum Gasteiger partial charge on any atom is 0.119 e. The third kappa shape index (κ3) is 3.09. The summed E-state index contributed by atoms with van der Waals surface area (Å²) in [6.07, 6.45) is 4.52. The van der Waals surface area contributed by atoms with Gasteiger partial charge in [-0.3, -0.25) is 4.98 Å². The number of nitrogens with zero attached hydrogens (tertiary/aromatic N) is 1. The zero-order valence-corrected chi connectivity index (χ0v) is 8.39. The highest BCUT2D eigenvalue weighted by atomic mass is 16.5. The number of aromatic nitrogens is 1. The Hall–Kier alpha value is -1.83. The molecule has 0 aliphatic rings. The second-order valence-corrected chi connectivity index (χ2v) is 3.20. The molecule has 0 bridgehead atoms. The summed E-state index contributed by atoms with van der Waals surface area (Å²) in [4.78, 5) is 4.05. The van der Waals surface area contributed by atoms with E-state index in [0.717, 1.165) is 12.2 Å². The number of benzene rings is 1. The van der Waals surface area contributed by atoms with Crippen molar-refractivity contribution in [3.8, 4) is 5.75 Å². The lowest BCUT2D eigenvalue weighted by molar-refractivity contribution is 0.322. The molecule has 0 atom stereocenters. The predicted octanol–water partition coefficient (Wildman–Crippen LogP) is 2.50. The van der Waals surface area contributed by atoms with Gasteiger partial charge in [-0.05, 0) is 29.8 Å². The number of ether oxygens (including phenoxy) is 1. The number of pyridine rings is 1. The molecule has 75 valence electrons. The van der Waals surface area contributed by atoms with Crippen LogP contribution in [0.5, 0.6) is 5.75 Å². The molecule has 0 unspecified atom stereocenters. The van der Waals surface area contributed by atoms with Gasteiger partial charge in [-0.25, -0.2) is 0 Å². The normalized spacial score (nSPS) is 9.87. The largest absolute Gasteiger partial charge is 0.493 e. The molecule has 0 saturated heterocycles. The summed E-state index contributed by atoms with van der Waals surface area (Å²) in [7, 11) is 0. The molecule has 0 amide bonds. The first-order valence-corrected chi connectivity index (χ1v) is 4.93. The van der Waals surface area contributed by atoms with Gasteiger partial charge in [-0.1, -0.05) is 18.2 Å². The molecule has 2 nitrogen and oxygen atoms in total. The van der Waals surface area contributed by atoms with Crippen LogP contribution in [0.2, 0.25) is 0 Å². The van der Waals surface area contributed by atoms with Crippen molar-refractivity contribution in [3.63, 3.8) is 0 Å². The highest BCUT2D eigenvalue weighted by Crippen LogP contribution is 2.08. The second kappa shape index (κ2) is 5.15. The number of hydrogen-bond donors (Lipinski definition) is 0. The standard InChI is InChI=1S/C13H12NO/c1-2-6-13(7-3-1)15-10-8-12-5-4-9-14-11-12/h2-7,9,11H,8,10H2. The SMILES string of the molecule is [c]1ccc(OCCc2cccnc2)cc1. The lowest BCUT2D eigenvalue weighted by Gasteiger charge is -2.05. The Morgan fingerprint density at radius 3 is 2.80 bits per heavy atom. The molecule has 2 rings (SSSR count). The van der Waals surface area contributed by atoms with Crippen molar-refractivity contribution in [1.29, 1.82) is 0 Å². The lowest BCUT2D eigenvalue weighted by atomic mass is 10.2. The third-order valence-corrected chi connectivity index (χ3v) is 2.07. The molecule has 1 heterocycles. The van der Waals surface area contributed by atoms with E-state index in [-0.39, 0.29) is 0 Å². The van der Waals surface area contributed by atoms with Crippen LogP contribution in [0.3, 0.4) is 0 Å². The summed E-state index contributed by atoms with van der Waals surface area (Å²) >= 11 is 0. The molecule has 0 spiro atoms. The average Bonchev–Trinajstić information content (AvgIpc) is 2.32. The highest BCUT2D eigenvalue weighted by molar-refractivity contribution is 5.20. The molecule has 1 radical (unpaired) electrons. The van der Waals surface area contributed by atoms with Gasteiger partial charge in [0.2, 0.25) is 0 Å². The van der Waals surface area contributed by atoms with Gasteiger partial charge in [0.05, 0.1) is 6.61 Å². The minimum Gasteiger partial charge on any atom is -0.493 e. The molecule has 0 aliphatic carbocycles. The molecule has 2 heteroatoms. The van der Waals surface area contributed by atoms with Gasteiger partial charge in [-0.2, -0.15) is 0 Å². The van der Waals surface area contributed by atoms with Crippen LogP contribution in [-0.2, 0) is 6.42 Å². The summed E-state index contributed by atoms with van der Waals surface area (Å²) < 4.78 is 5.56. The van der Waals surface area contributed by atoms with E-state index in [1.807, 2.05) is 36.5 Å². The minimum atomic E-state index is 0.676. The third-order valence-electron chi connectivity index (χ3n) is 2.07. The molecule has 15 heavy (non-hydrogen) atoms. The van der Waals surface area contributed by atoms with Gasteiger partial charge in [0.1, 0.15) is 5.75 Å². The van der Waals surface area contributed by atoms with Crippen molar-refractivity contribution in [3.05, 3.63) is 60.4 Å². The lowest BCUT2D eigenvalue weighted by Crippen LogP contribution is -2.01. The molecule has 2 aromatic rings. The van der Waals surface area contributed by atoms with Crippen LogP contribution >= 0.6 is 0 Å². The van der Waals surface area contributed by atoms with Crippen molar-refractivity contribution < 1.29 is 4.74 Å². The summed E-state index contributed by atoms with van der Waals surface area (Å²) in [6.45, 7) is 0.676. The van der Waals surface area contributed by atoms with Crippen molar-refractivity contribution in [2.45, 2.75) is 6.42 Å². The fourth-order valence-corrected chi connectivity index (χ4v) is 1.30. The fourth-order valence-electron chi connectivity index (χ4n) is 1.30. The van der Waals surface area contributed by atoms with E-state index >= 15 is 0 Å². The van der Waals surface area contributed by atoms with Crippen LogP contribution in [0.25, 0.3) is 0 Å². The zero-order valence-electron chi connectivity index (χ0n) is 8.39. The van der Waals surface area contributed by atoms with E-state index in [4.69, 9.17) is 4.74 Å². The summed E-state index contributed by atoms with van der Waals surface area (Å²) in [6, 6.07) is 14.4. The monoisotopic (exact) mass is 198 g/mol.